The van der Waals surface area contributed by atoms with Crippen molar-refractivity contribution in [3.05, 3.63) is 78.5 Å². The van der Waals surface area contributed by atoms with Gasteiger partial charge in [0.25, 0.3) is 0 Å². The van der Waals surface area contributed by atoms with Crippen molar-refractivity contribution in [2.45, 2.75) is 19.8 Å². The lowest BCUT2D eigenvalue weighted by Crippen LogP contribution is -2.48. The van der Waals surface area contributed by atoms with Gasteiger partial charge in [0.2, 0.25) is 5.91 Å². The van der Waals surface area contributed by atoms with Gasteiger partial charge in [0, 0.05) is 53.8 Å². The van der Waals surface area contributed by atoms with E-state index in [1.54, 1.807) is 18.2 Å². The fourth-order valence-electron chi connectivity index (χ4n) is 4.78. The Hall–Kier alpha value is -3.97. The molecule has 0 atom stereocenters. The highest BCUT2D eigenvalue weighted by atomic mass is 16.3. The number of likely N-dealkylation sites (tertiary alicyclic amines) is 1. The van der Waals surface area contributed by atoms with Gasteiger partial charge in [-0.2, -0.15) is 0 Å². The monoisotopic (exact) mass is 481 g/mol. The molecule has 4 aromatic rings. The highest BCUT2D eigenvalue weighted by Crippen LogP contribution is 2.40. The number of carbonyl (C=O) groups is 1. The number of phenolic OH excluding ortho intramolecular Hbond substituents is 1. The lowest BCUT2D eigenvalue weighted by molar-refractivity contribution is -0.130. The Morgan fingerprint density at radius 2 is 1.81 bits per heavy atom. The predicted molar refractivity (Wildman–Crippen MR) is 143 cm³/mol. The van der Waals surface area contributed by atoms with Gasteiger partial charge in [-0.05, 0) is 36.9 Å². The minimum Gasteiger partial charge on any atom is -0.507 e. The standard InChI is InChI=1S/C29H31N5O2/c1-3-33(4-2)16-10-15-26(36)34-18-21(19-34)28-27(20-11-6-5-7-12-20)23-17-24(31-32-29(23)30-28)22-13-8-9-14-25(22)35/h5-15,17,21,35H,3-4,16,18-19H2,1-2H3,(H,30,32)/b15-10+. The molecule has 0 saturated carbocycles. The number of phenols is 1. The SMILES string of the molecule is CCN(CC)C/C=C/C(=O)N1CC(c2[nH]c3nnc(-c4ccccc4O)cc3c2-c2ccccc2)C1. The summed E-state index contributed by atoms with van der Waals surface area (Å²) in [5, 5.41) is 20.1. The zero-order valence-electron chi connectivity index (χ0n) is 20.7. The van der Waals surface area contributed by atoms with Crippen LogP contribution in [-0.2, 0) is 4.79 Å². The van der Waals surface area contributed by atoms with Gasteiger partial charge in [-0.15, -0.1) is 10.2 Å². The van der Waals surface area contributed by atoms with Crippen LogP contribution in [0.3, 0.4) is 0 Å². The second kappa shape index (κ2) is 10.3. The van der Waals surface area contributed by atoms with E-state index >= 15 is 0 Å². The van der Waals surface area contributed by atoms with Crippen LogP contribution < -0.4 is 0 Å². The molecule has 1 aliphatic heterocycles. The number of rotatable bonds is 8. The van der Waals surface area contributed by atoms with E-state index in [1.807, 2.05) is 47.4 Å². The van der Waals surface area contributed by atoms with Crippen LogP contribution in [0.15, 0.2) is 72.8 Å². The molecule has 0 radical (unpaired) electrons. The van der Waals surface area contributed by atoms with E-state index in [2.05, 4.69) is 46.1 Å². The molecule has 5 rings (SSSR count). The van der Waals surface area contributed by atoms with Gasteiger partial charge in [0.15, 0.2) is 5.65 Å². The molecule has 0 aliphatic carbocycles. The van der Waals surface area contributed by atoms with Crippen molar-refractivity contribution >= 4 is 16.9 Å². The van der Waals surface area contributed by atoms with Crippen LogP contribution in [0, 0.1) is 0 Å². The zero-order valence-corrected chi connectivity index (χ0v) is 20.7. The molecule has 36 heavy (non-hydrogen) atoms. The van der Waals surface area contributed by atoms with Crippen molar-refractivity contribution in [2.24, 2.45) is 0 Å². The van der Waals surface area contributed by atoms with E-state index in [0.717, 1.165) is 41.8 Å². The summed E-state index contributed by atoms with van der Waals surface area (Å²) in [6, 6.07) is 19.4. The lowest BCUT2D eigenvalue weighted by Gasteiger charge is -2.38. The van der Waals surface area contributed by atoms with Gasteiger partial charge >= 0.3 is 0 Å². The van der Waals surface area contributed by atoms with Crippen LogP contribution in [0.2, 0.25) is 0 Å². The number of H-pyrrole nitrogens is 1. The number of para-hydroxylation sites is 1. The minimum absolute atomic E-state index is 0.0532. The summed E-state index contributed by atoms with van der Waals surface area (Å²) in [7, 11) is 0. The number of fused-ring (bicyclic) bond motifs is 1. The molecule has 0 bridgehead atoms. The molecule has 0 spiro atoms. The number of hydrogen-bond donors (Lipinski definition) is 2. The van der Waals surface area contributed by atoms with E-state index in [-0.39, 0.29) is 17.6 Å². The molecule has 2 aromatic heterocycles. The van der Waals surface area contributed by atoms with Gasteiger partial charge in [-0.25, -0.2) is 0 Å². The maximum atomic E-state index is 12.7. The summed E-state index contributed by atoms with van der Waals surface area (Å²) < 4.78 is 0. The second-order valence-electron chi connectivity index (χ2n) is 9.12. The summed E-state index contributed by atoms with van der Waals surface area (Å²) >= 11 is 0. The normalized spacial score (nSPS) is 14.1. The molecule has 7 heteroatoms. The average Bonchev–Trinajstić information content (AvgIpc) is 3.24. The zero-order chi connectivity index (χ0) is 25.1. The molecule has 7 nitrogen and oxygen atoms in total. The number of aromatic amines is 1. The fraction of sp³-hybridized carbons (Fsp3) is 0.276. The van der Waals surface area contributed by atoms with Gasteiger partial charge in [0.1, 0.15) is 5.75 Å². The van der Waals surface area contributed by atoms with Crippen LogP contribution in [0.1, 0.15) is 25.5 Å². The predicted octanol–water partition coefficient (Wildman–Crippen LogP) is 4.82. The number of aromatic nitrogens is 3. The lowest BCUT2D eigenvalue weighted by atomic mass is 9.90. The first kappa shape index (κ1) is 23.8. The molecule has 3 heterocycles. The Morgan fingerprint density at radius 1 is 1.08 bits per heavy atom. The summed E-state index contributed by atoms with van der Waals surface area (Å²) in [5.41, 5.74) is 5.19. The van der Waals surface area contributed by atoms with Gasteiger partial charge in [-0.1, -0.05) is 62.4 Å². The van der Waals surface area contributed by atoms with Gasteiger partial charge in [-0.3, -0.25) is 4.79 Å². The van der Waals surface area contributed by atoms with Gasteiger partial charge in [0.05, 0.1) is 5.69 Å². The summed E-state index contributed by atoms with van der Waals surface area (Å²) in [6.07, 6.45) is 3.65. The average molecular weight is 482 g/mol. The fourth-order valence-corrected chi connectivity index (χ4v) is 4.78. The number of benzene rings is 2. The van der Waals surface area contributed by atoms with E-state index in [4.69, 9.17) is 0 Å². The number of aromatic hydroxyl groups is 1. The maximum Gasteiger partial charge on any atom is 0.246 e. The van der Waals surface area contributed by atoms with Crippen LogP contribution >= 0.6 is 0 Å². The Bertz CT molecular complexity index is 1390. The molecule has 1 saturated heterocycles. The molecular formula is C29H31N5O2. The first-order valence-corrected chi connectivity index (χ1v) is 12.5. The second-order valence-corrected chi connectivity index (χ2v) is 9.12. The van der Waals surface area contributed by atoms with Crippen LogP contribution in [0.25, 0.3) is 33.4 Å². The number of amides is 1. The van der Waals surface area contributed by atoms with E-state index in [0.29, 0.717) is 30.0 Å². The van der Waals surface area contributed by atoms with Crippen molar-refractivity contribution in [1.29, 1.82) is 0 Å². The molecule has 2 aromatic carbocycles. The summed E-state index contributed by atoms with van der Waals surface area (Å²) in [6.45, 7) is 8.28. The Labute approximate surface area is 211 Å². The summed E-state index contributed by atoms with van der Waals surface area (Å²) in [4.78, 5) is 20.3. The highest BCUT2D eigenvalue weighted by molar-refractivity contribution is 5.98. The number of carbonyl (C=O) groups excluding carboxylic acids is 1. The Balaban J connectivity index is 1.43. The largest absolute Gasteiger partial charge is 0.507 e. The first-order valence-electron chi connectivity index (χ1n) is 12.5. The van der Waals surface area contributed by atoms with E-state index < -0.39 is 0 Å². The minimum atomic E-state index is 0.0532. The number of nitrogens with zero attached hydrogens (tertiary/aromatic N) is 4. The first-order chi connectivity index (χ1) is 17.6. The van der Waals surface area contributed by atoms with Crippen molar-refractivity contribution in [2.75, 3.05) is 32.7 Å². The third-order valence-corrected chi connectivity index (χ3v) is 6.95. The molecular weight excluding hydrogens is 450 g/mol. The molecule has 2 N–H and O–H groups in total. The quantitative estimate of drug-likeness (QED) is 0.353. The maximum absolute atomic E-state index is 12.7. The molecule has 1 amide bonds. The third-order valence-electron chi connectivity index (χ3n) is 6.95. The smallest absolute Gasteiger partial charge is 0.246 e. The number of nitrogens with one attached hydrogen (secondary N) is 1. The topological polar surface area (TPSA) is 85.4 Å². The highest BCUT2D eigenvalue weighted by Gasteiger charge is 2.34. The van der Waals surface area contributed by atoms with Crippen molar-refractivity contribution in [3.63, 3.8) is 0 Å². The van der Waals surface area contributed by atoms with Crippen LogP contribution in [0.5, 0.6) is 5.75 Å². The summed E-state index contributed by atoms with van der Waals surface area (Å²) in [5.74, 6) is 0.408. The molecule has 1 fully saturated rings. The van der Waals surface area contributed by atoms with Crippen molar-refractivity contribution in [3.8, 4) is 28.1 Å². The Morgan fingerprint density at radius 3 is 2.53 bits per heavy atom. The van der Waals surface area contributed by atoms with Crippen molar-refractivity contribution < 1.29 is 9.90 Å². The van der Waals surface area contributed by atoms with Crippen molar-refractivity contribution in [1.82, 2.24) is 25.0 Å². The van der Waals surface area contributed by atoms with Gasteiger partial charge < -0.3 is 19.9 Å². The Kier molecular flexibility index (Phi) is 6.82. The molecule has 0 unspecified atom stereocenters. The third kappa shape index (κ3) is 4.62. The molecule has 1 aliphatic rings. The van der Waals surface area contributed by atoms with E-state index in [1.165, 1.54) is 0 Å². The number of hydrogen-bond acceptors (Lipinski definition) is 5. The van der Waals surface area contributed by atoms with E-state index in [9.17, 15) is 9.90 Å². The van der Waals surface area contributed by atoms with Crippen LogP contribution in [-0.4, -0.2) is 68.7 Å². The van der Waals surface area contributed by atoms with Crippen LogP contribution in [0.4, 0.5) is 0 Å². The molecule has 184 valence electrons. The number of likely N-dealkylation sites (N-methyl/N-ethyl adjacent to an activating group) is 1.